The van der Waals surface area contributed by atoms with E-state index in [1.807, 2.05) is 24.3 Å². The smallest absolute Gasteiger partial charge is 0.120 e. The predicted molar refractivity (Wildman–Crippen MR) is 82.7 cm³/mol. The van der Waals surface area contributed by atoms with Crippen LogP contribution in [0.25, 0.3) is 0 Å². The molecule has 19 heavy (non-hydrogen) atoms. The molecule has 1 saturated heterocycles. The lowest BCUT2D eigenvalue weighted by atomic mass is 9.93. The van der Waals surface area contributed by atoms with Crippen LogP contribution >= 0.6 is 12.2 Å². The van der Waals surface area contributed by atoms with E-state index in [1.165, 1.54) is 13.0 Å². The van der Waals surface area contributed by atoms with Gasteiger partial charge in [-0.2, -0.15) is 0 Å². The molecule has 1 heterocycles. The van der Waals surface area contributed by atoms with E-state index < -0.39 is 0 Å². The summed E-state index contributed by atoms with van der Waals surface area (Å²) < 4.78 is 5.77. The molecule has 1 aromatic rings. The third-order valence-corrected chi connectivity index (χ3v) is 3.79. The average molecular weight is 278 g/mol. The van der Waals surface area contributed by atoms with Gasteiger partial charge in [-0.25, -0.2) is 0 Å². The van der Waals surface area contributed by atoms with Crippen molar-refractivity contribution in [2.45, 2.75) is 20.3 Å². The van der Waals surface area contributed by atoms with Gasteiger partial charge in [-0.1, -0.05) is 38.2 Å². The number of hydrogen-bond acceptors (Lipinski definition) is 3. The van der Waals surface area contributed by atoms with Gasteiger partial charge in [0.2, 0.25) is 0 Å². The van der Waals surface area contributed by atoms with Crippen molar-refractivity contribution in [3.63, 3.8) is 0 Å². The second-order valence-corrected chi connectivity index (χ2v) is 6.37. The number of ether oxygens (including phenoxy) is 1. The lowest BCUT2D eigenvalue weighted by Crippen LogP contribution is -2.27. The second kappa shape index (κ2) is 5.88. The summed E-state index contributed by atoms with van der Waals surface area (Å²) in [6, 6.07) is 7.66. The number of benzene rings is 1. The highest BCUT2D eigenvalue weighted by Gasteiger charge is 2.28. The van der Waals surface area contributed by atoms with Crippen LogP contribution in [-0.4, -0.2) is 36.1 Å². The summed E-state index contributed by atoms with van der Waals surface area (Å²) >= 11 is 4.96. The Morgan fingerprint density at radius 2 is 2.26 bits per heavy atom. The van der Waals surface area contributed by atoms with E-state index in [9.17, 15) is 0 Å². The molecule has 2 rings (SSSR count). The average Bonchev–Trinajstić information content (AvgIpc) is 2.69. The topological polar surface area (TPSA) is 38.5 Å². The van der Waals surface area contributed by atoms with Crippen LogP contribution in [-0.2, 0) is 0 Å². The molecule has 0 spiro atoms. The van der Waals surface area contributed by atoms with Gasteiger partial charge in [0.1, 0.15) is 17.3 Å². The molecular formula is C15H22N2OS. The van der Waals surface area contributed by atoms with E-state index in [2.05, 4.69) is 18.7 Å². The third-order valence-electron chi connectivity index (χ3n) is 3.55. The SMILES string of the molecule is CC1(C)CCN(CCOc2cccc(C(N)=S)c2)C1. The zero-order valence-electron chi connectivity index (χ0n) is 11.7. The molecule has 1 aliphatic rings. The van der Waals surface area contributed by atoms with Gasteiger partial charge >= 0.3 is 0 Å². The fourth-order valence-corrected chi connectivity index (χ4v) is 2.57. The molecule has 0 radical (unpaired) electrons. The molecule has 104 valence electrons. The number of hydrogen-bond donors (Lipinski definition) is 1. The Morgan fingerprint density at radius 1 is 1.47 bits per heavy atom. The summed E-state index contributed by atoms with van der Waals surface area (Å²) in [4.78, 5) is 2.86. The normalized spacial score (nSPS) is 18.4. The first kappa shape index (κ1) is 14.3. The second-order valence-electron chi connectivity index (χ2n) is 5.93. The quantitative estimate of drug-likeness (QED) is 0.840. The van der Waals surface area contributed by atoms with Crippen LogP contribution in [0.15, 0.2) is 24.3 Å². The van der Waals surface area contributed by atoms with Crippen molar-refractivity contribution in [3.05, 3.63) is 29.8 Å². The van der Waals surface area contributed by atoms with E-state index in [0.29, 0.717) is 17.0 Å². The Bertz CT molecular complexity index is 459. The molecule has 2 N–H and O–H groups in total. The molecule has 1 aliphatic heterocycles. The first-order valence-electron chi connectivity index (χ1n) is 6.71. The van der Waals surface area contributed by atoms with Gasteiger partial charge in [0.15, 0.2) is 0 Å². The Labute approximate surface area is 120 Å². The molecule has 0 aliphatic carbocycles. The van der Waals surface area contributed by atoms with E-state index in [0.717, 1.165) is 24.4 Å². The van der Waals surface area contributed by atoms with Crippen LogP contribution in [0.2, 0.25) is 0 Å². The third kappa shape index (κ3) is 4.18. The van der Waals surface area contributed by atoms with Gasteiger partial charge < -0.3 is 10.5 Å². The highest BCUT2D eigenvalue weighted by atomic mass is 32.1. The van der Waals surface area contributed by atoms with Gasteiger partial charge in [-0.3, -0.25) is 4.90 Å². The summed E-state index contributed by atoms with van der Waals surface area (Å²) in [5, 5.41) is 0. The fourth-order valence-electron chi connectivity index (χ4n) is 2.45. The number of nitrogens with zero attached hydrogens (tertiary/aromatic N) is 1. The van der Waals surface area contributed by atoms with E-state index >= 15 is 0 Å². The molecule has 1 fully saturated rings. The Hall–Kier alpha value is -1.13. The number of nitrogens with two attached hydrogens (primary N) is 1. The molecular weight excluding hydrogens is 256 g/mol. The van der Waals surface area contributed by atoms with Crippen LogP contribution in [0, 0.1) is 5.41 Å². The summed E-state index contributed by atoms with van der Waals surface area (Å²) in [5.74, 6) is 0.837. The summed E-state index contributed by atoms with van der Waals surface area (Å²) in [7, 11) is 0. The Kier molecular flexibility index (Phi) is 4.42. The van der Waals surface area contributed by atoms with E-state index in [4.69, 9.17) is 22.7 Å². The molecule has 4 heteroatoms. The van der Waals surface area contributed by atoms with Gasteiger partial charge in [-0.05, 0) is 30.5 Å². The largest absolute Gasteiger partial charge is 0.492 e. The number of rotatable bonds is 5. The van der Waals surface area contributed by atoms with Gasteiger partial charge in [0, 0.05) is 18.7 Å². The lowest BCUT2D eigenvalue weighted by Gasteiger charge is -2.19. The van der Waals surface area contributed by atoms with Crippen molar-refractivity contribution in [1.82, 2.24) is 4.90 Å². The van der Waals surface area contributed by atoms with Crippen LogP contribution in [0.5, 0.6) is 5.75 Å². The zero-order chi connectivity index (χ0) is 13.9. The standard InChI is InChI=1S/C15H22N2OS/c1-15(2)6-7-17(11-15)8-9-18-13-5-3-4-12(10-13)14(16)19/h3-5,10H,6-9,11H2,1-2H3,(H2,16,19). The minimum atomic E-state index is 0.409. The van der Waals surface area contributed by atoms with Crippen LogP contribution in [0.4, 0.5) is 0 Å². The van der Waals surface area contributed by atoms with Crippen molar-refractivity contribution < 1.29 is 4.74 Å². The molecule has 0 atom stereocenters. The molecule has 0 amide bonds. The molecule has 3 nitrogen and oxygen atoms in total. The maximum atomic E-state index is 5.77. The van der Waals surface area contributed by atoms with Gasteiger partial charge in [-0.15, -0.1) is 0 Å². The highest BCUT2D eigenvalue weighted by Crippen LogP contribution is 2.28. The molecule has 0 saturated carbocycles. The van der Waals surface area contributed by atoms with Crippen LogP contribution < -0.4 is 10.5 Å². The van der Waals surface area contributed by atoms with Crippen LogP contribution in [0.3, 0.4) is 0 Å². The van der Waals surface area contributed by atoms with Crippen molar-refractivity contribution in [1.29, 1.82) is 0 Å². The van der Waals surface area contributed by atoms with Crippen molar-refractivity contribution >= 4 is 17.2 Å². The van der Waals surface area contributed by atoms with Gasteiger partial charge in [0.05, 0.1) is 0 Å². The Morgan fingerprint density at radius 3 is 2.89 bits per heavy atom. The van der Waals surface area contributed by atoms with Crippen molar-refractivity contribution in [2.75, 3.05) is 26.2 Å². The summed E-state index contributed by atoms with van der Waals surface area (Å²) in [6.45, 7) is 8.64. The zero-order valence-corrected chi connectivity index (χ0v) is 12.5. The number of likely N-dealkylation sites (tertiary alicyclic amines) is 1. The number of thiocarbonyl (C=S) groups is 1. The monoisotopic (exact) mass is 278 g/mol. The first-order chi connectivity index (χ1) is 8.96. The highest BCUT2D eigenvalue weighted by molar-refractivity contribution is 7.80. The van der Waals surface area contributed by atoms with Crippen LogP contribution in [0.1, 0.15) is 25.8 Å². The minimum absolute atomic E-state index is 0.409. The van der Waals surface area contributed by atoms with Gasteiger partial charge in [0.25, 0.3) is 0 Å². The first-order valence-corrected chi connectivity index (χ1v) is 7.12. The van der Waals surface area contributed by atoms with Crippen molar-refractivity contribution in [2.24, 2.45) is 11.1 Å². The fraction of sp³-hybridized carbons (Fsp3) is 0.533. The van der Waals surface area contributed by atoms with E-state index in [1.54, 1.807) is 0 Å². The maximum Gasteiger partial charge on any atom is 0.120 e. The summed E-state index contributed by atoms with van der Waals surface area (Å²) in [6.07, 6.45) is 1.27. The molecule has 0 aromatic heterocycles. The predicted octanol–water partition coefficient (Wildman–Crippen LogP) is 2.43. The molecule has 1 aromatic carbocycles. The summed E-state index contributed by atoms with van der Waals surface area (Å²) in [5.41, 5.74) is 6.91. The maximum absolute atomic E-state index is 5.77. The Balaban J connectivity index is 1.80. The molecule has 0 unspecified atom stereocenters. The van der Waals surface area contributed by atoms with Crippen molar-refractivity contribution in [3.8, 4) is 5.75 Å². The minimum Gasteiger partial charge on any atom is -0.492 e. The van der Waals surface area contributed by atoms with E-state index in [-0.39, 0.29) is 0 Å². The lowest BCUT2D eigenvalue weighted by molar-refractivity contribution is 0.222. The molecule has 0 bridgehead atoms.